The lowest BCUT2D eigenvalue weighted by Crippen LogP contribution is -2.06. The van der Waals surface area contributed by atoms with E-state index in [1.807, 2.05) is 24.3 Å². The molecule has 4 heteroatoms. The van der Waals surface area contributed by atoms with Crippen LogP contribution in [0.25, 0.3) is 0 Å². The van der Waals surface area contributed by atoms with Crippen LogP contribution in [0.5, 0.6) is 0 Å². The maximum atomic E-state index is 6.04. The first-order valence-electron chi connectivity index (χ1n) is 5.87. The maximum absolute atomic E-state index is 6.04. The summed E-state index contributed by atoms with van der Waals surface area (Å²) in [5, 5.41) is 0. The molecular formula is C15H13Br2IO. The van der Waals surface area contributed by atoms with Crippen LogP contribution in [0.3, 0.4) is 0 Å². The predicted molar refractivity (Wildman–Crippen MR) is 94.7 cm³/mol. The van der Waals surface area contributed by atoms with E-state index in [4.69, 9.17) is 4.74 Å². The van der Waals surface area contributed by atoms with E-state index in [-0.39, 0.29) is 6.10 Å². The highest BCUT2D eigenvalue weighted by Gasteiger charge is 2.13. The number of hydrogen-bond acceptors (Lipinski definition) is 1. The Bertz CT molecular complexity index is 545. The largest absolute Gasteiger partial charge is 0.368 e. The van der Waals surface area contributed by atoms with Crippen molar-refractivity contribution < 1.29 is 4.74 Å². The van der Waals surface area contributed by atoms with Crippen molar-refractivity contribution in [3.63, 3.8) is 0 Å². The lowest BCUT2D eigenvalue weighted by atomic mass is 10.1. The van der Waals surface area contributed by atoms with Gasteiger partial charge in [0.2, 0.25) is 0 Å². The Morgan fingerprint density at radius 2 is 1.84 bits per heavy atom. The second-order valence-electron chi connectivity index (χ2n) is 4.11. The molecule has 0 aliphatic carbocycles. The highest BCUT2D eigenvalue weighted by Crippen LogP contribution is 2.28. The Morgan fingerprint density at radius 1 is 1.05 bits per heavy atom. The molecule has 0 heterocycles. The molecule has 0 N–H and O–H groups in total. The van der Waals surface area contributed by atoms with E-state index in [9.17, 15) is 0 Å². The van der Waals surface area contributed by atoms with Gasteiger partial charge in [-0.2, -0.15) is 0 Å². The van der Waals surface area contributed by atoms with Gasteiger partial charge in [0.05, 0.1) is 12.7 Å². The molecule has 0 aromatic heterocycles. The highest BCUT2D eigenvalue weighted by atomic mass is 127. The first-order valence-corrected chi connectivity index (χ1v) is 8.98. The maximum Gasteiger partial charge on any atom is 0.0929 e. The number of rotatable bonds is 5. The van der Waals surface area contributed by atoms with Crippen molar-refractivity contribution in [3.05, 3.63) is 68.6 Å². The monoisotopic (exact) mass is 494 g/mol. The second kappa shape index (κ2) is 7.76. The predicted octanol–water partition coefficient (Wildman–Crippen LogP) is 5.90. The smallest absolute Gasteiger partial charge is 0.0929 e. The van der Waals surface area contributed by atoms with Crippen LogP contribution in [0.2, 0.25) is 0 Å². The van der Waals surface area contributed by atoms with E-state index in [1.165, 1.54) is 11.1 Å². The van der Waals surface area contributed by atoms with Gasteiger partial charge < -0.3 is 4.74 Å². The van der Waals surface area contributed by atoms with Crippen LogP contribution in [-0.2, 0) is 11.3 Å². The van der Waals surface area contributed by atoms with Gasteiger partial charge >= 0.3 is 0 Å². The number of alkyl halides is 1. The van der Waals surface area contributed by atoms with Crippen molar-refractivity contribution >= 4 is 54.5 Å². The summed E-state index contributed by atoms with van der Waals surface area (Å²) < 4.78 is 9.15. The minimum atomic E-state index is 0.107. The molecule has 100 valence electrons. The molecule has 0 aliphatic rings. The van der Waals surface area contributed by atoms with Gasteiger partial charge in [-0.1, -0.05) is 84.8 Å². The summed E-state index contributed by atoms with van der Waals surface area (Å²) in [6, 6.07) is 16.4. The molecule has 0 spiro atoms. The molecule has 2 aromatic carbocycles. The molecule has 19 heavy (non-hydrogen) atoms. The molecule has 0 bridgehead atoms. The average Bonchev–Trinajstić information content (AvgIpc) is 2.41. The molecule has 1 nitrogen and oxygen atoms in total. The van der Waals surface area contributed by atoms with E-state index < -0.39 is 0 Å². The van der Waals surface area contributed by atoms with Crippen molar-refractivity contribution in [3.8, 4) is 0 Å². The van der Waals surface area contributed by atoms with Crippen LogP contribution < -0.4 is 0 Å². The summed E-state index contributed by atoms with van der Waals surface area (Å²) in [4.78, 5) is 0. The quantitative estimate of drug-likeness (QED) is 0.370. The van der Waals surface area contributed by atoms with Crippen molar-refractivity contribution in [1.82, 2.24) is 0 Å². The van der Waals surface area contributed by atoms with Crippen LogP contribution in [0.4, 0.5) is 0 Å². The molecule has 0 aliphatic heterocycles. The summed E-state index contributed by atoms with van der Waals surface area (Å²) in [6.45, 7) is 0.619. The molecule has 1 atom stereocenters. The third-order valence-electron chi connectivity index (χ3n) is 2.73. The minimum Gasteiger partial charge on any atom is -0.368 e. The minimum absolute atomic E-state index is 0.107. The van der Waals surface area contributed by atoms with Crippen LogP contribution >= 0.6 is 54.5 Å². The van der Waals surface area contributed by atoms with Crippen LogP contribution in [-0.4, -0.2) is 4.43 Å². The number of ether oxygens (including phenoxy) is 1. The van der Waals surface area contributed by atoms with Gasteiger partial charge in [-0.25, -0.2) is 0 Å². The van der Waals surface area contributed by atoms with Crippen LogP contribution in [0, 0.1) is 0 Å². The Hall–Kier alpha value is 0.0900. The van der Waals surface area contributed by atoms with E-state index in [1.54, 1.807) is 0 Å². The zero-order valence-electron chi connectivity index (χ0n) is 10.2. The number of hydrogen-bond donors (Lipinski definition) is 0. The fourth-order valence-electron chi connectivity index (χ4n) is 1.78. The SMILES string of the molecule is Brc1cccc(COC(CI)c2ccccc2Br)c1. The lowest BCUT2D eigenvalue weighted by Gasteiger charge is -2.17. The molecule has 2 rings (SSSR count). The Morgan fingerprint density at radius 3 is 2.53 bits per heavy atom. The lowest BCUT2D eigenvalue weighted by molar-refractivity contribution is 0.0572. The molecule has 2 aromatic rings. The summed E-state index contributed by atoms with van der Waals surface area (Å²) in [5.74, 6) is 0. The summed E-state index contributed by atoms with van der Waals surface area (Å²) in [6.07, 6.45) is 0.107. The van der Waals surface area contributed by atoms with E-state index >= 15 is 0 Å². The number of benzene rings is 2. The zero-order valence-corrected chi connectivity index (χ0v) is 15.5. The highest BCUT2D eigenvalue weighted by molar-refractivity contribution is 14.1. The van der Waals surface area contributed by atoms with Crippen molar-refractivity contribution in [2.75, 3.05) is 4.43 Å². The van der Waals surface area contributed by atoms with Crippen molar-refractivity contribution in [1.29, 1.82) is 0 Å². The van der Waals surface area contributed by atoms with Gasteiger partial charge in [0.15, 0.2) is 0 Å². The van der Waals surface area contributed by atoms with Crippen LogP contribution in [0.15, 0.2) is 57.5 Å². The Balaban J connectivity index is 2.06. The van der Waals surface area contributed by atoms with Gasteiger partial charge in [0.25, 0.3) is 0 Å². The van der Waals surface area contributed by atoms with Gasteiger partial charge in [0, 0.05) is 13.4 Å². The molecule has 0 radical (unpaired) electrons. The molecule has 0 saturated heterocycles. The van der Waals surface area contributed by atoms with E-state index in [0.29, 0.717) is 6.61 Å². The van der Waals surface area contributed by atoms with Crippen molar-refractivity contribution in [2.24, 2.45) is 0 Å². The van der Waals surface area contributed by atoms with Crippen LogP contribution in [0.1, 0.15) is 17.2 Å². The third-order valence-corrected chi connectivity index (χ3v) is 4.75. The molecular weight excluding hydrogens is 483 g/mol. The summed E-state index contributed by atoms with van der Waals surface area (Å²) in [7, 11) is 0. The molecule has 1 unspecified atom stereocenters. The molecule has 0 saturated carbocycles. The molecule has 0 amide bonds. The first-order chi connectivity index (χ1) is 9.20. The van der Waals surface area contributed by atoms with E-state index in [2.05, 4.69) is 78.7 Å². The van der Waals surface area contributed by atoms with Gasteiger partial charge in [0.1, 0.15) is 0 Å². The van der Waals surface area contributed by atoms with E-state index in [0.717, 1.165) is 13.4 Å². The number of halogens is 3. The Kier molecular flexibility index (Phi) is 6.32. The fraction of sp³-hybridized carbons (Fsp3) is 0.200. The van der Waals surface area contributed by atoms with Gasteiger partial charge in [-0.05, 0) is 29.3 Å². The first kappa shape index (κ1) is 15.5. The topological polar surface area (TPSA) is 9.23 Å². The average molecular weight is 496 g/mol. The zero-order chi connectivity index (χ0) is 13.7. The fourth-order valence-corrected chi connectivity index (χ4v) is 3.49. The summed E-state index contributed by atoms with van der Waals surface area (Å²) in [5.41, 5.74) is 2.38. The Labute approximate surface area is 144 Å². The van der Waals surface area contributed by atoms with Gasteiger partial charge in [-0.15, -0.1) is 0 Å². The van der Waals surface area contributed by atoms with Gasteiger partial charge in [-0.3, -0.25) is 0 Å². The standard InChI is InChI=1S/C15H13Br2IO/c16-12-5-3-4-11(8-12)10-19-15(9-18)13-6-1-2-7-14(13)17/h1-8,15H,9-10H2. The normalized spacial score (nSPS) is 12.4. The van der Waals surface area contributed by atoms with Crippen molar-refractivity contribution in [2.45, 2.75) is 12.7 Å². The second-order valence-corrected chi connectivity index (χ2v) is 6.76. The third kappa shape index (κ3) is 4.55. The molecule has 0 fully saturated rings. The summed E-state index contributed by atoms with van der Waals surface area (Å²) >= 11 is 9.43.